The van der Waals surface area contributed by atoms with E-state index < -0.39 is 15.7 Å². The van der Waals surface area contributed by atoms with Crippen molar-refractivity contribution in [3.8, 4) is 6.07 Å². The third-order valence-corrected chi connectivity index (χ3v) is 7.33. The lowest BCUT2D eigenvalue weighted by Crippen LogP contribution is -2.37. The molecule has 0 spiro atoms. The first-order valence-electron chi connectivity index (χ1n) is 8.13. The van der Waals surface area contributed by atoms with Gasteiger partial charge in [-0.15, -0.1) is 0 Å². The average molecular weight is 390 g/mol. The lowest BCUT2D eigenvalue weighted by atomic mass is 10.2. The molecule has 2 saturated heterocycles. The minimum absolute atomic E-state index is 0.0731. The van der Waals surface area contributed by atoms with Crippen molar-refractivity contribution < 1.29 is 13.2 Å². The highest BCUT2D eigenvalue weighted by Gasteiger charge is 2.49. The highest BCUT2D eigenvalue weighted by atomic mass is 32.2. The first-order chi connectivity index (χ1) is 12.4. The number of anilines is 1. The first-order valence-corrected chi connectivity index (χ1v) is 10.8. The summed E-state index contributed by atoms with van der Waals surface area (Å²) in [5, 5.41) is 12.2. The number of hydrogen-bond donors (Lipinski definition) is 1. The Kier molecular flexibility index (Phi) is 5.34. The summed E-state index contributed by atoms with van der Waals surface area (Å²) in [6.07, 6.45) is 1.25. The Labute approximate surface area is 156 Å². The number of aliphatic imine (C=N–C) groups is 1. The molecule has 2 unspecified atom stereocenters. The number of benzene rings is 1. The fourth-order valence-electron chi connectivity index (χ4n) is 2.98. The highest BCUT2D eigenvalue weighted by molar-refractivity contribution is 8.16. The van der Waals surface area contributed by atoms with E-state index in [9.17, 15) is 13.2 Å². The number of fused-ring (bicyclic) bond motifs is 1. The van der Waals surface area contributed by atoms with Crippen molar-refractivity contribution >= 4 is 38.4 Å². The summed E-state index contributed by atoms with van der Waals surface area (Å²) in [5.74, 6) is -0.295. The Morgan fingerprint density at radius 2 is 2.15 bits per heavy atom. The van der Waals surface area contributed by atoms with E-state index in [0.717, 1.165) is 5.69 Å². The highest BCUT2D eigenvalue weighted by Crippen LogP contribution is 2.40. The molecular weight excluding hydrogens is 372 g/mol. The van der Waals surface area contributed by atoms with Crippen molar-refractivity contribution in [2.24, 2.45) is 4.99 Å². The third kappa shape index (κ3) is 3.76. The van der Waals surface area contributed by atoms with Crippen molar-refractivity contribution in [1.29, 1.82) is 5.26 Å². The molecular formula is C17H18N4O3S2. The van der Waals surface area contributed by atoms with Crippen LogP contribution in [-0.2, 0) is 14.6 Å². The minimum Gasteiger partial charge on any atom is -0.352 e. The minimum atomic E-state index is -3.08. The summed E-state index contributed by atoms with van der Waals surface area (Å²) in [7, 11) is -3.08. The van der Waals surface area contributed by atoms with Crippen molar-refractivity contribution in [3.63, 3.8) is 0 Å². The molecule has 1 amide bonds. The molecule has 1 aromatic carbocycles. The molecule has 0 aliphatic carbocycles. The summed E-state index contributed by atoms with van der Waals surface area (Å²) in [4.78, 5) is 18.1. The molecule has 136 valence electrons. The van der Waals surface area contributed by atoms with Gasteiger partial charge in [0.2, 0.25) is 0 Å². The van der Waals surface area contributed by atoms with Crippen LogP contribution in [-0.4, -0.2) is 48.8 Å². The SMILES string of the molecule is CCNC(=O)/C(C#N)=C\N=C1SC2CS(=O)(=O)CC2N1c1ccccc1. The molecule has 26 heavy (non-hydrogen) atoms. The molecule has 0 bridgehead atoms. The van der Waals surface area contributed by atoms with E-state index in [2.05, 4.69) is 10.3 Å². The lowest BCUT2D eigenvalue weighted by Gasteiger charge is -2.24. The number of sulfone groups is 1. The first kappa shape index (κ1) is 18.5. The molecule has 0 saturated carbocycles. The van der Waals surface area contributed by atoms with Crippen LogP contribution in [0.2, 0.25) is 0 Å². The smallest absolute Gasteiger partial charge is 0.263 e. The summed E-state index contributed by atoms with van der Waals surface area (Å²) >= 11 is 1.38. The van der Waals surface area contributed by atoms with Crippen LogP contribution in [0, 0.1) is 11.3 Å². The summed E-state index contributed by atoms with van der Waals surface area (Å²) in [6, 6.07) is 11.1. The van der Waals surface area contributed by atoms with Crippen LogP contribution in [0.5, 0.6) is 0 Å². The molecule has 2 fully saturated rings. The lowest BCUT2D eigenvalue weighted by molar-refractivity contribution is -0.117. The van der Waals surface area contributed by atoms with Crippen LogP contribution in [0.15, 0.2) is 47.1 Å². The average Bonchev–Trinajstić information content (AvgIpc) is 3.07. The van der Waals surface area contributed by atoms with E-state index in [1.165, 1.54) is 18.0 Å². The van der Waals surface area contributed by atoms with Crippen molar-refractivity contribution in [2.75, 3.05) is 23.0 Å². The molecule has 2 aliphatic heterocycles. The van der Waals surface area contributed by atoms with Gasteiger partial charge < -0.3 is 10.2 Å². The number of amides is 1. The summed E-state index contributed by atoms with van der Waals surface area (Å²) in [6.45, 7) is 2.19. The quantitative estimate of drug-likeness (QED) is 0.614. The second-order valence-electron chi connectivity index (χ2n) is 5.93. The van der Waals surface area contributed by atoms with Gasteiger partial charge in [-0.1, -0.05) is 30.0 Å². The van der Waals surface area contributed by atoms with E-state index in [1.807, 2.05) is 41.3 Å². The van der Waals surface area contributed by atoms with Crippen LogP contribution < -0.4 is 10.2 Å². The molecule has 1 aromatic rings. The molecule has 9 heteroatoms. The number of nitriles is 1. The maximum atomic E-state index is 12.0. The fraction of sp³-hybridized carbons (Fsp3) is 0.353. The number of nitrogens with zero attached hydrogens (tertiary/aromatic N) is 3. The van der Waals surface area contributed by atoms with Crippen molar-refractivity contribution in [2.45, 2.75) is 18.2 Å². The van der Waals surface area contributed by atoms with Gasteiger partial charge in [0.15, 0.2) is 15.0 Å². The number of hydrogen-bond acceptors (Lipinski definition) is 6. The second kappa shape index (κ2) is 7.51. The van der Waals surface area contributed by atoms with E-state index in [0.29, 0.717) is 11.7 Å². The molecule has 0 aromatic heterocycles. The predicted molar refractivity (Wildman–Crippen MR) is 103 cm³/mol. The monoisotopic (exact) mass is 390 g/mol. The van der Waals surface area contributed by atoms with Crippen LogP contribution in [0.25, 0.3) is 0 Å². The third-order valence-electron chi connectivity index (χ3n) is 4.11. The zero-order chi connectivity index (χ0) is 18.7. The van der Waals surface area contributed by atoms with Crippen LogP contribution in [0.3, 0.4) is 0 Å². The Hall–Kier alpha value is -2.31. The Morgan fingerprint density at radius 3 is 2.81 bits per heavy atom. The number of carbonyl (C=O) groups excluding carboxylic acids is 1. The van der Waals surface area contributed by atoms with E-state index >= 15 is 0 Å². The summed E-state index contributed by atoms with van der Waals surface area (Å²) in [5.41, 5.74) is 0.755. The number of likely N-dealkylation sites (N-methyl/N-ethyl adjacent to an activating group) is 1. The van der Waals surface area contributed by atoms with Gasteiger partial charge >= 0.3 is 0 Å². The standard InChI is InChI=1S/C17H18N4O3S2/c1-2-19-16(22)12(8-18)9-20-17-21(13-6-4-3-5-7-13)14-10-26(23,24)11-15(14)25-17/h3-7,9,14-15H,2,10-11H2,1H3,(H,19,22)/b12-9-,20-17?. The van der Waals surface area contributed by atoms with Gasteiger partial charge in [-0.3, -0.25) is 4.79 Å². The molecule has 2 atom stereocenters. The maximum Gasteiger partial charge on any atom is 0.263 e. The number of carbonyl (C=O) groups is 1. The normalized spacial score (nSPS) is 25.8. The van der Waals surface area contributed by atoms with Crippen LogP contribution >= 0.6 is 11.8 Å². The zero-order valence-electron chi connectivity index (χ0n) is 14.1. The second-order valence-corrected chi connectivity index (χ2v) is 9.29. The molecule has 0 radical (unpaired) electrons. The van der Waals surface area contributed by atoms with E-state index in [1.54, 1.807) is 6.92 Å². The van der Waals surface area contributed by atoms with E-state index in [-0.39, 0.29) is 28.4 Å². The Bertz CT molecular complexity index is 904. The fourth-order valence-corrected chi connectivity index (χ4v) is 6.87. The Balaban J connectivity index is 1.96. The molecule has 2 heterocycles. The number of thioether (sulfide) groups is 1. The van der Waals surface area contributed by atoms with Crippen molar-refractivity contribution in [1.82, 2.24) is 5.32 Å². The number of para-hydroxylation sites is 1. The topological polar surface area (TPSA) is 103 Å². The van der Waals surface area contributed by atoms with E-state index in [4.69, 9.17) is 5.26 Å². The molecule has 3 rings (SSSR count). The van der Waals surface area contributed by atoms with Crippen molar-refractivity contribution in [3.05, 3.63) is 42.1 Å². The van der Waals surface area contributed by atoms with Crippen LogP contribution in [0.1, 0.15) is 6.92 Å². The largest absolute Gasteiger partial charge is 0.352 e. The molecule has 2 aliphatic rings. The van der Waals surface area contributed by atoms with Gasteiger partial charge in [0.1, 0.15) is 11.6 Å². The van der Waals surface area contributed by atoms with Gasteiger partial charge in [-0.2, -0.15) is 5.26 Å². The number of nitrogens with one attached hydrogen (secondary N) is 1. The van der Waals surface area contributed by atoms with Gasteiger partial charge in [0.25, 0.3) is 5.91 Å². The van der Waals surface area contributed by atoms with Crippen LogP contribution in [0.4, 0.5) is 5.69 Å². The van der Waals surface area contributed by atoms with Gasteiger partial charge in [-0.25, -0.2) is 13.4 Å². The van der Waals surface area contributed by atoms with Gasteiger partial charge in [0.05, 0.1) is 23.7 Å². The summed E-state index contributed by atoms with van der Waals surface area (Å²) < 4.78 is 24.0. The number of rotatable bonds is 4. The van der Waals surface area contributed by atoms with Gasteiger partial charge in [0, 0.05) is 17.5 Å². The maximum absolute atomic E-state index is 12.0. The Morgan fingerprint density at radius 1 is 1.42 bits per heavy atom. The number of amidine groups is 1. The van der Waals surface area contributed by atoms with Gasteiger partial charge in [-0.05, 0) is 19.1 Å². The predicted octanol–water partition coefficient (Wildman–Crippen LogP) is 1.30. The molecule has 1 N–H and O–H groups in total. The zero-order valence-corrected chi connectivity index (χ0v) is 15.8. The molecule has 7 nitrogen and oxygen atoms in total.